The number of Topliss-reactive ketones (excluding diaryl/α,β-unsaturated/α-hetero) is 2. The molecule has 0 radical (unpaired) electrons. The fourth-order valence-corrected chi connectivity index (χ4v) is 6.96. The van der Waals surface area contributed by atoms with Gasteiger partial charge < -0.3 is 0 Å². The van der Waals surface area contributed by atoms with Gasteiger partial charge >= 0.3 is 198 Å². The molecule has 33 heavy (non-hydrogen) atoms. The Labute approximate surface area is 197 Å². The summed E-state index contributed by atoms with van der Waals surface area (Å²) in [7, 11) is 0. The first-order valence-electron chi connectivity index (χ1n) is 10.9. The van der Waals surface area contributed by atoms with Gasteiger partial charge in [-0.15, -0.1) is 0 Å². The second-order valence-corrected chi connectivity index (χ2v) is 11.0. The first-order valence-corrected chi connectivity index (χ1v) is 12.8. The van der Waals surface area contributed by atoms with Crippen molar-refractivity contribution in [1.82, 2.24) is 4.98 Å². The molecule has 0 bridgehead atoms. The van der Waals surface area contributed by atoms with E-state index in [-0.39, 0.29) is 37.1 Å². The van der Waals surface area contributed by atoms with Gasteiger partial charge in [0.15, 0.2) is 0 Å². The number of allylic oxidation sites excluding steroid dienone is 1. The number of carbonyl (C=O) groups is 2. The first kappa shape index (κ1) is 20.2. The molecule has 1 aliphatic carbocycles. The number of hydrogen-bond donors (Lipinski definition) is 1. The summed E-state index contributed by atoms with van der Waals surface area (Å²) < 4.78 is 1.05. The van der Waals surface area contributed by atoms with Gasteiger partial charge in [0.1, 0.15) is 0 Å². The molecule has 0 aliphatic heterocycles. The third-order valence-corrected chi connectivity index (χ3v) is 8.59. The molecule has 5 aromatic rings. The van der Waals surface area contributed by atoms with Crippen molar-refractivity contribution in [2.75, 3.05) is 0 Å². The van der Waals surface area contributed by atoms with Crippen molar-refractivity contribution in [3.8, 4) is 0 Å². The Hall–Kier alpha value is -3.46. The zero-order valence-corrected chi connectivity index (χ0v) is 20.0. The van der Waals surface area contributed by atoms with Crippen molar-refractivity contribution >= 4 is 54.0 Å². The predicted molar refractivity (Wildman–Crippen MR) is 134 cm³/mol. The van der Waals surface area contributed by atoms with Crippen molar-refractivity contribution < 1.29 is 9.59 Å². The molecular formula is C29H21NO2Se. The molecular weight excluding hydrogens is 473 g/mol. The van der Waals surface area contributed by atoms with Gasteiger partial charge in [-0.3, -0.25) is 0 Å². The number of fused-ring (bicyclic) bond motifs is 4. The predicted octanol–water partition coefficient (Wildman–Crippen LogP) is 6.17. The van der Waals surface area contributed by atoms with Gasteiger partial charge in [-0.1, -0.05) is 0 Å². The van der Waals surface area contributed by atoms with Crippen molar-refractivity contribution in [2.24, 2.45) is 0 Å². The molecule has 160 valence electrons. The first-order chi connectivity index (χ1) is 15.9. The van der Waals surface area contributed by atoms with Crippen LogP contribution in [-0.2, 0) is 5.41 Å². The van der Waals surface area contributed by atoms with Crippen LogP contribution in [0.3, 0.4) is 0 Å². The summed E-state index contributed by atoms with van der Waals surface area (Å²) in [6, 6.07) is 24.1. The van der Waals surface area contributed by atoms with E-state index in [1.165, 1.54) is 21.9 Å². The van der Waals surface area contributed by atoms with E-state index in [4.69, 9.17) is 0 Å². The monoisotopic (exact) mass is 495 g/mol. The van der Waals surface area contributed by atoms with E-state index in [2.05, 4.69) is 72.3 Å². The quantitative estimate of drug-likeness (QED) is 0.185. The minimum atomic E-state index is -0.227. The van der Waals surface area contributed by atoms with Crippen LogP contribution in [0.1, 0.15) is 50.1 Å². The topological polar surface area (TPSA) is 49.9 Å². The van der Waals surface area contributed by atoms with Crippen LogP contribution < -0.4 is 0 Å². The second-order valence-electron chi connectivity index (χ2n) is 9.02. The molecule has 0 atom stereocenters. The van der Waals surface area contributed by atoms with Gasteiger partial charge in [-0.25, -0.2) is 0 Å². The number of nitrogens with one attached hydrogen (secondary N) is 1. The second kappa shape index (κ2) is 7.28. The molecule has 6 rings (SSSR count). The molecule has 3 aromatic carbocycles. The molecule has 3 nitrogen and oxygen atoms in total. The van der Waals surface area contributed by atoms with E-state index in [9.17, 15) is 9.59 Å². The molecule has 0 spiro atoms. The zero-order chi connectivity index (χ0) is 22.7. The van der Waals surface area contributed by atoms with Gasteiger partial charge in [-0.05, 0) is 0 Å². The van der Waals surface area contributed by atoms with Crippen LogP contribution in [0.5, 0.6) is 0 Å². The summed E-state index contributed by atoms with van der Waals surface area (Å²) in [5.41, 5.74) is 5.84. The molecule has 2 aromatic heterocycles. The van der Waals surface area contributed by atoms with Crippen LogP contribution in [0.25, 0.3) is 27.9 Å². The molecule has 0 saturated heterocycles. The van der Waals surface area contributed by atoms with E-state index in [0.29, 0.717) is 11.1 Å². The Balaban J connectivity index is 1.41. The van der Waals surface area contributed by atoms with Crippen molar-refractivity contribution in [3.63, 3.8) is 0 Å². The average molecular weight is 494 g/mol. The van der Waals surface area contributed by atoms with E-state index < -0.39 is 0 Å². The van der Waals surface area contributed by atoms with Gasteiger partial charge in [-0.2, -0.15) is 0 Å². The van der Waals surface area contributed by atoms with Gasteiger partial charge in [0, 0.05) is 0 Å². The summed E-state index contributed by atoms with van der Waals surface area (Å²) in [6.45, 7) is 4.48. The summed E-state index contributed by atoms with van der Waals surface area (Å²) >= 11 is 0.0727. The SMILES string of the molecule is CC(C)(c1c[se]c(C=C2C(=O)c3ccccc3C2=O)c1)c1cccc2c1[nH]c1ccccc12. The Bertz CT molecular complexity index is 1590. The van der Waals surface area contributed by atoms with Crippen LogP contribution in [0.15, 0.2) is 83.3 Å². The maximum absolute atomic E-state index is 12.8. The van der Waals surface area contributed by atoms with Crippen LogP contribution >= 0.6 is 0 Å². The van der Waals surface area contributed by atoms with E-state index in [1.54, 1.807) is 24.3 Å². The van der Waals surface area contributed by atoms with Crippen LogP contribution in [-0.4, -0.2) is 31.1 Å². The minimum absolute atomic E-state index is 0.0727. The number of H-pyrrole nitrogens is 1. The van der Waals surface area contributed by atoms with Gasteiger partial charge in [0.25, 0.3) is 0 Å². The number of aromatic amines is 1. The third kappa shape index (κ3) is 3.02. The van der Waals surface area contributed by atoms with E-state index in [1.807, 2.05) is 6.08 Å². The van der Waals surface area contributed by atoms with Gasteiger partial charge in [0.05, 0.1) is 0 Å². The molecule has 0 saturated carbocycles. The average Bonchev–Trinajstić information content (AvgIpc) is 3.51. The number of carbonyl (C=O) groups excluding carboxylic acids is 2. The Morgan fingerprint density at radius 3 is 2.24 bits per heavy atom. The Morgan fingerprint density at radius 2 is 1.48 bits per heavy atom. The Kier molecular flexibility index (Phi) is 4.45. The molecule has 0 unspecified atom stereocenters. The molecule has 1 N–H and O–H groups in total. The van der Waals surface area contributed by atoms with Crippen molar-refractivity contribution in [2.45, 2.75) is 19.3 Å². The Morgan fingerprint density at radius 1 is 0.818 bits per heavy atom. The number of rotatable bonds is 3. The van der Waals surface area contributed by atoms with Crippen molar-refractivity contribution in [1.29, 1.82) is 0 Å². The third-order valence-electron chi connectivity index (χ3n) is 6.75. The number of ketones is 2. The molecule has 0 amide bonds. The summed E-state index contributed by atoms with van der Waals surface area (Å²) in [6.07, 6.45) is 1.81. The van der Waals surface area contributed by atoms with Crippen molar-refractivity contribution in [3.05, 3.63) is 110 Å². The summed E-state index contributed by atoms with van der Waals surface area (Å²) in [4.78, 5) is 31.5. The molecule has 2 heterocycles. The fraction of sp³-hybridized carbons (Fsp3) is 0.103. The van der Waals surface area contributed by atoms with E-state index in [0.717, 1.165) is 15.5 Å². The van der Waals surface area contributed by atoms with Crippen LogP contribution in [0.2, 0.25) is 0 Å². The zero-order valence-electron chi connectivity index (χ0n) is 18.3. The van der Waals surface area contributed by atoms with E-state index >= 15 is 0 Å². The fourth-order valence-electron chi connectivity index (χ4n) is 4.85. The van der Waals surface area contributed by atoms with Crippen LogP contribution in [0, 0.1) is 0 Å². The molecule has 4 heteroatoms. The normalized spacial score (nSPS) is 13.8. The number of aromatic nitrogens is 1. The van der Waals surface area contributed by atoms with Crippen LogP contribution in [0.4, 0.5) is 0 Å². The standard InChI is InChI=1S/C29H21NO2Se/c1-29(2,24-12-7-11-20-19-8-5-6-13-25(19)30-26(20)24)17-14-18(33-16-17)15-23-27(31)21-9-3-4-10-22(21)28(23)32/h3-16,30H,1-2H3. The maximum atomic E-state index is 12.8. The number of para-hydroxylation sites is 2. The number of hydrogen-bond acceptors (Lipinski definition) is 2. The van der Waals surface area contributed by atoms with Gasteiger partial charge in [0.2, 0.25) is 0 Å². The number of benzene rings is 3. The molecule has 0 fully saturated rings. The molecule has 1 aliphatic rings. The summed E-state index contributed by atoms with van der Waals surface area (Å²) in [5.74, 6) is -0.328. The summed E-state index contributed by atoms with van der Waals surface area (Å²) in [5, 5.41) is 2.46.